The summed E-state index contributed by atoms with van der Waals surface area (Å²) in [4.78, 5) is 58.5. The number of halogens is 1. The summed E-state index contributed by atoms with van der Waals surface area (Å²) in [5.74, 6) is -1.42. The van der Waals surface area contributed by atoms with E-state index in [4.69, 9.17) is 9.72 Å². The second kappa shape index (κ2) is 10.1. The molecule has 0 radical (unpaired) electrons. The van der Waals surface area contributed by atoms with E-state index in [1.807, 2.05) is 25.1 Å². The lowest BCUT2D eigenvalue weighted by molar-refractivity contribution is -0.123. The summed E-state index contributed by atoms with van der Waals surface area (Å²) in [5, 5.41) is 0.625. The van der Waals surface area contributed by atoms with E-state index < -0.39 is 12.6 Å². The molecule has 1 aromatic heterocycles. The van der Waals surface area contributed by atoms with Crippen LogP contribution in [0.3, 0.4) is 0 Å². The average molecular weight is 621 g/mol. The van der Waals surface area contributed by atoms with Crippen LogP contribution in [-0.2, 0) is 14.3 Å². The van der Waals surface area contributed by atoms with Crippen LogP contribution in [0.15, 0.2) is 89.4 Å². The molecule has 4 atom stereocenters. The Kier molecular flexibility index (Phi) is 6.39. The molecule has 2 aliphatic carbocycles. The number of esters is 1. The molecule has 42 heavy (non-hydrogen) atoms. The van der Waals surface area contributed by atoms with Crippen LogP contribution in [0.1, 0.15) is 32.7 Å². The standard InChI is InChI=1S/C34H25BrN2O5/c1-18-2-13-27-25(14-18)26(34(41)42-17-29(38)20-5-9-23(35)10-6-20)16-28(36-27)19-7-11-24(12-8-19)37-32(39)30-21-3-4-22(15-21)31(30)33(37)40/h2-14,16,21-22,30-31H,15,17H2,1H3/t21-,22+,30-,31-/m0/s1. The number of pyridine rings is 1. The molecule has 1 saturated heterocycles. The highest BCUT2D eigenvalue weighted by molar-refractivity contribution is 9.10. The second-order valence-electron chi connectivity index (χ2n) is 11.1. The van der Waals surface area contributed by atoms with Crippen molar-refractivity contribution in [3.05, 3.63) is 106 Å². The molecule has 2 fully saturated rings. The predicted octanol–water partition coefficient (Wildman–Crippen LogP) is 6.32. The summed E-state index contributed by atoms with van der Waals surface area (Å²) in [7, 11) is 0. The SMILES string of the molecule is Cc1ccc2nc(-c3ccc(N4C(=O)[C@@H]5[C@@H](C4=O)[C@H]4C=C[C@@H]5C4)cc3)cc(C(=O)OCC(=O)c3ccc(Br)cc3)c2c1. The van der Waals surface area contributed by atoms with E-state index >= 15 is 0 Å². The van der Waals surface area contributed by atoms with Crippen molar-refractivity contribution >= 4 is 56.1 Å². The first-order valence-corrected chi connectivity index (χ1v) is 14.6. The molecule has 208 valence electrons. The van der Waals surface area contributed by atoms with Crippen LogP contribution in [-0.4, -0.2) is 35.2 Å². The maximum atomic E-state index is 13.3. The van der Waals surface area contributed by atoms with E-state index in [0.717, 1.165) is 16.5 Å². The van der Waals surface area contributed by atoms with Crippen molar-refractivity contribution in [3.8, 4) is 11.3 Å². The first-order valence-electron chi connectivity index (χ1n) is 13.8. The number of aryl methyl sites for hydroxylation is 1. The van der Waals surface area contributed by atoms with Crippen LogP contribution in [0.25, 0.3) is 22.2 Å². The van der Waals surface area contributed by atoms with Crippen molar-refractivity contribution in [1.29, 1.82) is 0 Å². The number of nitrogens with zero attached hydrogens (tertiary/aromatic N) is 2. The minimum atomic E-state index is -0.626. The number of aromatic nitrogens is 1. The summed E-state index contributed by atoms with van der Waals surface area (Å²) in [6.07, 6.45) is 5.04. The van der Waals surface area contributed by atoms with Crippen LogP contribution in [0, 0.1) is 30.6 Å². The molecule has 3 aliphatic rings. The van der Waals surface area contributed by atoms with Crippen molar-refractivity contribution in [2.45, 2.75) is 13.3 Å². The second-order valence-corrected chi connectivity index (χ2v) is 12.1. The number of Topliss-reactive ketones (excluding diaryl/α,β-unsaturated/α-hetero) is 1. The molecule has 7 nitrogen and oxygen atoms in total. The molecule has 7 rings (SSSR count). The number of allylic oxidation sites excluding steroid dienone is 2. The Balaban J connectivity index is 1.16. The zero-order valence-corrected chi connectivity index (χ0v) is 24.2. The van der Waals surface area contributed by atoms with Gasteiger partial charge in [-0.05, 0) is 67.6 Å². The molecule has 0 spiro atoms. The van der Waals surface area contributed by atoms with Crippen LogP contribution in [0.5, 0.6) is 0 Å². The van der Waals surface area contributed by atoms with E-state index in [0.29, 0.717) is 39.0 Å². The van der Waals surface area contributed by atoms with Gasteiger partial charge in [-0.3, -0.25) is 19.3 Å². The van der Waals surface area contributed by atoms with E-state index in [1.54, 1.807) is 54.6 Å². The summed E-state index contributed by atoms with van der Waals surface area (Å²) < 4.78 is 6.32. The quantitative estimate of drug-likeness (QED) is 0.108. The van der Waals surface area contributed by atoms with Gasteiger partial charge in [0, 0.05) is 21.0 Å². The Morgan fingerprint density at radius 1 is 0.905 bits per heavy atom. The summed E-state index contributed by atoms with van der Waals surface area (Å²) in [6, 6.07) is 21.2. The van der Waals surface area contributed by atoms with Gasteiger partial charge in [-0.25, -0.2) is 9.78 Å². The van der Waals surface area contributed by atoms with Crippen molar-refractivity contribution in [1.82, 2.24) is 4.98 Å². The fraction of sp³-hybridized carbons (Fsp3) is 0.206. The number of anilines is 1. The zero-order chi connectivity index (χ0) is 29.1. The number of benzene rings is 3. The summed E-state index contributed by atoms with van der Waals surface area (Å²) in [6.45, 7) is 1.53. The van der Waals surface area contributed by atoms with E-state index in [1.165, 1.54) is 4.90 Å². The fourth-order valence-electron chi connectivity index (χ4n) is 6.52. The molecule has 0 unspecified atom stereocenters. The van der Waals surface area contributed by atoms with Crippen molar-refractivity contribution in [2.75, 3.05) is 11.5 Å². The number of hydrogen-bond acceptors (Lipinski definition) is 6. The Morgan fingerprint density at radius 3 is 2.24 bits per heavy atom. The van der Waals surface area contributed by atoms with Crippen LogP contribution in [0.4, 0.5) is 5.69 Å². The molecule has 1 saturated carbocycles. The highest BCUT2D eigenvalue weighted by Crippen LogP contribution is 2.53. The number of amides is 2. The Labute approximate surface area is 250 Å². The number of rotatable bonds is 6. The highest BCUT2D eigenvalue weighted by atomic mass is 79.9. The zero-order valence-electron chi connectivity index (χ0n) is 22.6. The maximum absolute atomic E-state index is 13.3. The van der Waals surface area contributed by atoms with Gasteiger partial charge in [-0.15, -0.1) is 0 Å². The topological polar surface area (TPSA) is 93.6 Å². The van der Waals surface area contributed by atoms with Crippen molar-refractivity contribution in [3.63, 3.8) is 0 Å². The molecule has 4 aromatic rings. The van der Waals surface area contributed by atoms with E-state index in [2.05, 4.69) is 28.1 Å². The third-order valence-corrected chi connectivity index (χ3v) is 9.10. The van der Waals surface area contributed by atoms with Crippen LogP contribution >= 0.6 is 15.9 Å². The first-order chi connectivity index (χ1) is 20.3. The molecule has 8 heteroatoms. The van der Waals surface area contributed by atoms with Crippen LogP contribution < -0.4 is 4.90 Å². The van der Waals surface area contributed by atoms with Gasteiger partial charge in [0.05, 0.1) is 34.3 Å². The predicted molar refractivity (Wildman–Crippen MR) is 161 cm³/mol. The molecule has 0 N–H and O–H groups in total. The monoisotopic (exact) mass is 620 g/mol. The van der Waals surface area contributed by atoms with Gasteiger partial charge < -0.3 is 4.74 Å². The third kappa shape index (κ3) is 4.38. The number of hydrogen-bond donors (Lipinski definition) is 0. The van der Waals surface area contributed by atoms with Crippen molar-refractivity contribution < 1.29 is 23.9 Å². The molecule has 2 heterocycles. The van der Waals surface area contributed by atoms with Gasteiger partial charge in [0.25, 0.3) is 0 Å². The van der Waals surface area contributed by atoms with Gasteiger partial charge in [0.15, 0.2) is 12.4 Å². The Bertz CT molecular complexity index is 1800. The molecule has 2 bridgehead atoms. The van der Waals surface area contributed by atoms with Crippen LogP contribution in [0.2, 0.25) is 0 Å². The number of fused-ring (bicyclic) bond motifs is 6. The number of carbonyl (C=O) groups is 4. The molecule has 1 aliphatic heterocycles. The number of carbonyl (C=O) groups excluding carboxylic acids is 4. The van der Waals surface area contributed by atoms with Crippen molar-refractivity contribution in [2.24, 2.45) is 23.7 Å². The van der Waals surface area contributed by atoms with E-state index in [9.17, 15) is 19.2 Å². The summed E-state index contributed by atoms with van der Waals surface area (Å²) in [5.41, 5.74) is 4.08. The first kappa shape index (κ1) is 26.5. The smallest absolute Gasteiger partial charge is 0.339 e. The van der Waals surface area contributed by atoms with Gasteiger partial charge in [0.2, 0.25) is 11.8 Å². The fourth-order valence-corrected chi connectivity index (χ4v) is 6.79. The molecular weight excluding hydrogens is 596 g/mol. The minimum Gasteiger partial charge on any atom is -0.454 e. The minimum absolute atomic E-state index is 0.128. The Morgan fingerprint density at radius 2 is 1.57 bits per heavy atom. The largest absolute Gasteiger partial charge is 0.454 e. The highest BCUT2D eigenvalue weighted by Gasteiger charge is 2.59. The summed E-state index contributed by atoms with van der Waals surface area (Å²) >= 11 is 3.35. The lowest BCUT2D eigenvalue weighted by Crippen LogP contribution is -2.32. The number of ketones is 1. The molecular formula is C34H25BrN2O5. The lowest BCUT2D eigenvalue weighted by Gasteiger charge is -2.17. The van der Waals surface area contributed by atoms with Gasteiger partial charge in [0.1, 0.15) is 0 Å². The van der Waals surface area contributed by atoms with Gasteiger partial charge in [-0.2, -0.15) is 0 Å². The normalized spacial score (nSPS) is 22.2. The van der Waals surface area contributed by atoms with E-state index in [-0.39, 0.29) is 41.3 Å². The third-order valence-electron chi connectivity index (χ3n) is 8.58. The Hall–Kier alpha value is -4.43. The average Bonchev–Trinajstić information content (AvgIpc) is 3.69. The van der Waals surface area contributed by atoms with Gasteiger partial charge >= 0.3 is 5.97 Å². The lowest BCUT2D eigenvalue weighted by atomic mass is 9.85. The van der Waals surface area contributed by atoms with Gasteiger partial charge in [-0.1, -0.05) is 64.0 Å². The molecule has 3 aromatic carbocycles. The maximum Gasteiger partial charge on any atom is 0.339 e. The number of ether oxygens (including phenoxy) is 1. The molecule has 2 amide bonds. The number of imide groups is 1.